The number of nitrogens with zero attached hydrogens (tertiary/aromatic N) is 3. The summed E-state index contributed by atoms with van der Waals surface area (Å²) in [6.07, 6.45) is 0. The first-order chi connectivity index (χ1) is 18.9. The Bertz CT molecular complexity index is 1340. The van der Waals surface area contributed by atoms with E-state index in [4.69, 9.17) is 15.2 Å². The van der Waals surface area contributed by atoms with E-state index in [-0.39, 0.29) is 36.6 Å². The van der Waals surface area contributed by atoms with Gasteiger partial charge >= 0.3 is 0 Å². The molecule has 0 bridgehead atoms. The Hall–Kier alpha value is -4.21. The van der Waals surface area contributed by atoms with Crippen molar-refractivity contribution in [2.75, 3.05) is 57.9 Å². The molecular formula is C30H32N4O5. The maximum Gasteiger partial charge on any atom is 0.265 e. The number of carbonyl (C=O) groups excluding carboxylic acids is 3. The number of hydrogen-bond acceptors (Lipinski definition) is 6. The molecule has 202 valence electrons. The molecule has 0 aliphatic carbocycles. The van der Waals surface area contributed by atoms with E-state index in [0.29, 0.717) is 31.2 Å². The van der Waals surface area contributed by atoms with Gasteiger partial charge in [0.25, 0.3) is 5.91 Å². The number of likely N-dealkylation sites (N-methyl/N-ethyl adjacent to an activating group) is 1. The molecule has 3 aromatic carbocycles. The second-order valence-corrected chi connectivity index (χ2v) is 9.74. The minimum absolute atomic E-state index is 0.0400. The molecule has 9 nitrogen and oxygen atoms in total. The fourth-order valence-electron chi connectivity index (χ4n) is 5.00. The number of fused-ring (bicyclic) bond motifs is 1. The van der Waals surface area contributed by atoms with Crippen LogP contribution in [0.2, 0.25) is 0 Å². The molecule has 1 saturated heterocycles. The molecule has 5 rings (SSSR count). The molecule has 2 aliphatic rings. The van der Waals surface area contributed by atoms with Gasteiger partial charge < -0.3 is 20.1 Å². The topological polar surface area (TPSA) is 105 Å². The predicted molar refractivity (Wildman–Crippen MR) is 147 cm³/mol. The van der Waals surface area contributed by atoms with Crippen molar-refractivity contribution in [1.29, 1.82) is 0 Å². The summed E-state index contributed by atoms with van der Waals surface area (Å²) < 4.78 is 11.1. The molecule has 2 N–H and O–H groups in total. The second kappa shape index (κ2) is 11.7. The zero-order chi connectivity index (χ0) is 27.4. The average molecular weight is 529 g/mol. The Balaban J connectivity index is 1.34. The van der Waals surface area contributed by atoms with Crippen LogP contribution in [0.4, 0.5) is 5.69 Å². The van der Waals surface area contributed by atoms with Crippen molar-refractivity contribution in [3.05, 3.63) is 83.9 Å². The van der Waals surface area contributed by atoms with Gasteiger partial charge in [-0.25, -0.2) is 0 Å². The van der Waals surface area contributed by atoms with E-state index in [9.17, 15) is 14.4 Å². The Morgan fingerprint density at radius 2 is 1.67 bits per heavy atom. The summed E-state index contributed by atoms with van der Waals surface area (Å²) in [5, 5.41) is 0. The van der Waals surface area contributed by atoms with Gasteiger partial charge in [0.1, 0.15) is 12.3 Å². The molecule has 1 unspecified atom stereocenters. The summed E-state index contributed by atoms with van der Waals surface area (Å²) >= 11 is 0. The minimum Gasteiger partial charge on any atom is -0.482 e. The molecular weight excluding hydrogens is 496 g/mol. The lowest BCUT2D eigenvalue weighted by molar-refractivity contribution is -0.131. The van der Waals surface area contributed by atoms with Gasteiger partial charge in [-0.05, 0) is 34.9 Å². The third-order valence-electron chi connectivity index (χ3n) is 7.24. The third-order valence-corrected chi connectivity index (χ3v) is 7.24. The van der Waals surface area contributed by atoms with Gasteiger partial charge in [0.15, 0.2) is 6.61 Å². The van der Waals surface area contributed by atoms with Crippen molar-refractivity contribution in [2.45, 2.75) is 6.04 Å². The lowest BCUT2D eigenvalue weighted by atomic mass is 9.99. The van der Waals surface area contributed by atoms with E-state index >= 15 is 0 Å². The van der Waals surface area contributed by atoms with Crippen molar-refractivity contribution in [3.63, 3.8) is 0 Å². The lowest BCUT2D eigenvalue weighted by Crippen LogP contribution is -2.48. The molecule has 0 radical (unpaired) electrons. The highest BCUT2D eigenvalue weighted by molar-refractivity contribution is 6.04. The SMILES string of the molecule is CN(CC(c1ccc(-c2ccccc2)cc1)N1CCOCC1)C(=O)CN1C(=O)COc2ccc(C(N)=O)cc21. The fraction of sp³-hybridized carbons (Fsp3) is 0.300. The van der Waals surface area contributed by atoms with Gasteiger partial charge in [-0.15, -0.1) is 0 Å². The van der Waals surface area contributed by atoms with Crippen LogP contribution >= 0.6 is 0 Å². The first-order valence-electron chi connectivity index (χ1n) is 13.0. The first-order valence-corrected chi connectivity index (χ1v) is 13.0. The molecule has 1 atom stereocenters. The molecule has 3 amide bonds. The molecule has 39 heavy (non-hydrogen) atoms. The fourth-order valence-corrected chi connectivity index (χ4v) is 5.00. The van der Waals surface area contributed by atoms with Crippen molar-refractivity contribution in [1.82, 2.24) is 9.80 Å². The highest BCUT2D eigenvalue weighted by atomic mass is 16.5. The zero-order valence-electron chi connectivity index (χ0n) is 21.9. The van der Waals surface area contributed by atoms with Crippen LogP contribution in [-0.2, 0) is 14.3 Å². The van der Waals surface area contributed by atoms with Crippen molar-refractivity contribution < 1.29 is 23.9 Å². The van der Waals surface area contributed by atoms with E-state index in [1.807, 2.05) is 18.2 Å². The van der Waals surface area contributed by atoms with Crippen LogP contribution in [-0.4, -0.2) is 80.6 Å². The zero-order valence-corrected chi connectivity index (χ0v) is 21.9. The molecule has 0 aromatic heterocycles. The number of ether oxygens (including phenoxy) is 2. The Morgan fingerprint density at radius 3 is 2.36 bits per heavy atom. The van der Waals surface area contributed by atoms with E-state index in [1.165, 1.54) is 11.0 Å². The summed E-state index contributed by atoms with van der Waals surface area (Å²) in [6.45, 7) is 2.89. The van der Waals surface area contributed by atoms with Gasteiger partial charge in [-0.3, -0.25) is 24.2 Å². The number of rotatable bonds is 8. The largest absolute Gasteiger partial charge is 0.482 e. The standard InChI is InChI=1S/C30H32N4O5/c1-32(28(35)19-34-25-17-24(30(31)37)11-12-27(25)39-20-29(34)36)18-26(33-13-15-38-16-14-33)23-9-7-22(8-10-23)21-5-3-2-4-6-21/h2-12,17,26H,13-16,18-20H2,1H3,(H2,31,37). The minimum atomic E-state index is -0.620. The maximum absolute atomic E-state index is 13.4. The van der Waals surface area contributed by atoms with Crippen LogP contribution < -0.4 is 15.4 Å². The number of hydrogen-bond donors (Lipinski definition) is 1. The van der Waals surface area contributed by atoms with Gasteiger partial charge in [0.2, 0.25) is 11.8 Å². The van der Waals surface area contributed by atoms with E-state index < -0.39 is 5.91 Å². The summed E-state index contributed by atoms with van der Waals surface area (Å²) in [4.78, 5) is 43.2. The van der Waals surface area contributed by atoms with Gasteiger partial charge in [-0.2, -0.15) is 0 Å². The van der Waals surface area contributed by atoms with Crippen LogP contribution in [0.15, 0.2) is 72.8 Å². The van der Waals surface area contributed by atoms with Crippen molar-refractivity contribution in [3.8, 4) is 16.9 Å². The molecule has 1 fully saturated rings. The van der Waals surface area contributed by atoms with Crippen LogP contribution in [0.5, 0.6) is 5.75 Å². The van der Waals surface area contributed by atoms with E-state index in [0.717, 1.165) is 29.8 Å². The molecule has 0 spiro atoms. The number of morpholine rings is 1. The Labute approximate surface area is 227 Å². The molecule has 9 heteroatoms. The van der Waals surface area contributed by atoms with E-state index in [1.54, 1.807) is 24.1 Å². The Kier molecular flexibility index (Phi) is 7.90. The van der Waals surface area contributed by atoms with Crippen LogP contribution in [0.25, 0.3) is 11.1 Å². The molecule has 0 saturated carbocycles. The molecule has 3 aromatic rings. The number of nitrogens with two attached hydrogens (primary N) is 1. The number of primary amides is 1. The normalized spacial score (nSPS) is 16.2. The summed E-state index contributed by atoms with van der Waals surface area (Å²) in [6, 6.07) is 23.3. The maximum atomic E-state index is 13.4. The first kappa shape index (κ1) is 26.4. The van der Waals surface area contributed by atoms with Gasteiger partial charge in [-0.1, -0.05) is 54.6 Å². The van der Waals surface area contributed by atoms with Crippen molar-refractivity contribution >= 4 is 23.4 Å². The summed E-state index contributed by atoms with van der Waals surface area (Å²) in [5.41, 5.74) is 9.42. The monoisotopic (exact) mass is 528 g/mol. The highest BCUT2D eigenvalue weighted by Gasteiger charge is 2.31. The highest BCUT2D eigenvalue weighted by Crippen LogP contribution is 2.33. The van der Waals surface area contributed by atoms with E-state index in [2.05, 4.69) is 41.3 Å². The van der Waals surface area contributed by atoms with Crippen LogP contribution in [0, 0.1) is 0 Å². The predicted octanol–water partition coefficient (Wildman–Crippen LogP) is 2.71. The number of amides is 3. The van der Waals surface area contributed by atoms with Crippen molar-refractivity contribution in [2.24, 2.45) is 5.73 Å². The summed E-state index contributed by atoms with van der Waals surface area (Å²) in [7, 11) is 1.75. The molecule has 2 heterocycles. The number of benzene rings is 3. The lowest BCUT2D eigenvalue weighted by Gasteiger charge is -2.37. The third kappa shape index (κ3) is 5.94. The van der Waals surface area contributed by atoms with Gasteiger partial charge in [0.05, 0.1) is 24.9 Å². The second-order valence-electron chi connectivity index (χ2n) is 9.74. The summed E-state index contributed by atoms with van der Waals surface area (Å²) in [5.74, 6) is -0.766. The average Bonchev–Trinajstić information content (AvgIpc) is 2.98. The van der Waals surface area contributed by atoms with Crippen LogP contribution in [0.1, 0.15) is 22.0 Å². The van der Waals surface area contributed by atoms with Crippen LogP contribution in [0.3, 0.4) is 0 Å². The Morgan fingerprint density at radius 1 is 0.974 bits per heavy atom. The number of carbonyl (C=O) groups is 3. The quantitative estimate of drug-likeness (QED) is 0.482. The van der Waals surface area contributed by atoms with Gasteiger partial charge in [0, 0.05) is 32.2 Å². The number of anilines is 1. The smallest absolute Gasteiger partial charge is 0.265 e. The molecule has 2 aliphatic heterocycles.